The molecule has 0 radical (unpaired) electrons. The number of nitrogens with two attached hydrogens (primary N) is 1. The fraction of sp³-hybridized carbons (Fsp3) is 0.700. The van der Waals surface area contributed by atoms with Crippen LogP contribution in [-0.2, 0) is 16.4 Å². The Morgan fingerprint density at radius 3 is 3.00 bits per heavy atom. The maximum atomic E-state index is 12.1. The summed E-state index contributed by atoms with van der Waals surface area (Å²) >= 11 is 3.16. The third kappa shape index (κ3) is 2.81. The zero-order valence-electron chi connectivity index (χ0n) is 10.2. The zero-order chi connectivity index (χ0) is 13.2. The normalized spacial score (nSPS) is 21.2. The standard InChI is InChI=1S/C10H17N3O2S3/c1-2-18(14,15)9-7-16-4-3-13(9)10-12-8(5-11)6-17-10/h6,9H,2-5,7,11H2,1H3. The Labute approximate surface area is 116 Å². The number of anilines is 1. The molecule has 0 amide bonds. The molecule has 2 heterocycles. The first-order valence-corrected chi connectivity index (χ1v) is 9.54. The molecular formula is C10H17N3O2S3. The average Bonchev–Trinajstić information content (AvgIpc) is 2.87. The molecule has 1 aromatic rings. The maximum Gasteiger partial charge on any atom is 0.186 e. The van der Waals surface area contributed by atoms with Gasteiger partial charge in [-0.3, -0.25) is 0 Å². The van der Waals surface area contributed by atoms with Gasteiger partial charge in [-0.25, -0.2) is 13.4 Å². The van der Waals surface area contributed by atoms with E-state index in [-0.39, 0.29) is 5.75 Å². The van der Waals surface area contributed by atoms with Crippen LogP contribution < -0.4 is 10.6 Å². The highest BCUT2D eigenvalue weighted by molar-refractivity contribution is 8.01. The predicted molar refractivity (Wildman–Crippen MR) is 77.9 cm³/mol. The highest BCUT2D eigenvalue weighted by Crippen LogP contribution is 2.29. The Balaban J connectivity index is 2.28. The lowest BCUT2D eigenvalue weighted by atomic mass is 10.5. The SMILES string of the molecule is CCS(=O)(=O)C1CSCCN1c1nc(CN)cs1. The molecular weight excluding hydrogens is 290 g/mol. The molecule has 1 aromatic heterocycles. The molecule has 1 aliphatic rings. The Morgan fingerprint density at radius 2 is 2.39 bits per heavy atom. The third-order valence-electron chi connectivity index (χ3n) is 2.90. The van der Waals surface area contributed by atoms with Gasteiger partial charge in [0, 0.05) is 35.7 Å². The van der Waals surface area contributed by atoms with Crippen molar-refractivity contribution in [2.45, 2.75) is 18.8 Å². The summed E-state index contributed by atoms with van der Waals surface area (Å²) in [4.78, 5) is 6.31. The van der Waals surface area contributed by atoms with Gasteiger partial charge < -0.3 is 10.6 Å². The Hall–Kier alpha value is -0.310. The molecule has 0 spiro atoms. The summed E-state index contributed by atoms with van der Waals surface area (Å²) < 4.78 is 24.2. The van der Waals surface area contributed by atoms with Crippen molar-refractivity contribution in [3.8, 4) is 0 Å². The van der Waals surface area contributed by atoms with Crippen molar-refractivity contribution in [2.75, 3.05) is 28.7 Å². The first-order valence-electron chi connectivity index (χ1n) is 5.79. The zero-order valence-corrected chi connectivity index (χ0v) is 12.7. The van der Waals surface area contributed by atoms with Gasteiger partial charge in [0.1, 0.15) is 5.37 Å². The van der Waals surface area contributed by atoms with Gasteiger partial charge in [0.2, 0.25) is 0 Å². The van der Waals surface area contributed by atoms with Crippen molar-refractivity contribution in [2.24, 2.45) is 5.73 Å². The molecule has 5 nitrogen and oxygen atoms in total. The third-order valence-corrected chi connectivity index (χ3v) is 7.11. The molecule has 0 aromatic carbocycles. The van der Waals surface area contributed by atoms with Gasteiger partial charge in [-0.15, -0.1) is 11.3 Å². The number of aromatic nitrogens is 1. The highest BCUT2D eigenvalue weighted by atomic mass is 32.2. The molecule has 0 bridgehead atoms. The number of thiazole rings is 1. The minimum atomic E-state index is -3.08. The summed E-state index contributed by atoms with van der Waals surface area (Å²) in [5.74, 6) is 1.73. The fourth-order valence-electron chi connectivity index (χ4n) is 1.81. The van der Waals surface area contributed by atoms with Crippen LogP contribution in [0.1, 0.15) is 12.6 Å². The van der Waals surface area contributed by atoms with Crippen molar-refractivity contribution in [3.63, 3.8) is 0 Å². The summed E-state index contributed by atoms with van der Waals surface area (Å²) in [7, 11) is -3.08. The monoisotopic (exact) mass is 307 g/mol. The number of hydrogen-bond donors (Lipinski definition) is 1. The summed E-state index contributed by atoms with van der Waals surface area (Å²) in [6.07, 6.45) is 0. The van der Waals surface area contributed by atoms with Crippen molar-refractivity contribution < 1.29 is 8.42 Å². The lowest BCUT2D eigenvalue weighted by molar-refractivity contribution is 0.579. The van der Waals surface area contributed by atoms with E-state index >= 15 is 0 Å². The molecule has 1 fully saturated rings. The molecule has 1 saturated heterocycles. The van der Waals surface area contributed by atoms with Crippen molar-refractivity contribution >= 4 is 38.1 Å². The Kier molecular flexibility index (Phi) is 4.52. The number of nitrogens with zero attached hydrogens (tertiary/aromatic N) is 2. The van der Waals surface area contributed by atoms with Crippen LogP contribution in [0.4, 0.5) is 5.13 Å². The van der Waals surface area contributed by atoms with E-state index in [2.05, 4.69) is 4.98 Å². The van der Waals surface area contributed by atoms with Crippen LogP contribution in [0.2, 0.25) is 0 Å². The van der Waals surface area contributed by atoms with Crippen LogP contribution in [0.5, 0.6) is 0 Å². The van der Waals surface area contributed by atoms with Gasteiger partial charge >= 0.3 is 0 Å². The van der Waals surface area contributed by atoms with Crippen molar-refractivity contribution in [1.29, 1.82) is 0 Å². The highest BCUT2D eigenvalue weighted by Gasteiger charge is 2.34. The number of thioether (sulfide) groups is 1. The summed E-state index contributed by atoms with van der Waals surface area (Å²) in [6.45, 7) is 2.82. The molecule has 2 rings (SSSR count). The first kappa shape index (κ1) is 14.1. The van der Waals surface area contributed by atoms with Crippen LogP contribution in [0, 0.1) is 0 Å². The molecule has 0 aliphatic carbocycles. The van der Waals surface area contributed by atoms with Crippen molar-refractivity contribution in [1.82, 2.24) is 4.98 Å². The second-order valence-electron chi connectivity index (χ2n) is 4.00. The molecule has 8 heteroatoms. The second-order valence-corrected chi connectivity index (χ2v) is 8.43. The van der Waals surface area contributed by atoms with E-state index in [9.17, 15) is 8.42 Å². The van der Waals surface area contributed by atoms with Gasteiger partial charge in [0.05, 0.1) is 5.69 Å². The van der Waals surface area contributed by atoms with E-state index in [0.717, 1.165) is 23.1 Å². The van der Waals surface area contributed by atoms with Crippen LogP contribution >= 0.6 is 23.1 Å². The van der Waals surface area contributed by atoms with E-state index in [1.54, 1.807) is 18.7 Å². The topological polar surface area (TPSA) is 76.3 Å². The summed E-state index contributed by atoms with van der Waals surface area (Å²) in [6, 6.07) is 0. The molecule has 1 aliphatic heterocycles. The molecule has 18 heavy (non-hydrogen) atoms. The van der Waals surface area contributed by atoms with E-state index in [1.165, 1.54) is 11.3 Å². The molecule has 102 valence electrons. The lowest BCUT2D eigenvalue weighted by Gasteiger charge is -2.34. The molecule has 0 saturated carbocycles. The predicted octanol–water partition coefficient (Wildman–Crippen LogP) is 0.916. The Bertz CT molecular complexity index is 500. The largest absolute Gasteiger partial charge is 0.329 e. The van der Waals surface area contributed by atoms with Gasteiger partial charge in [0.25, 0.3) is 0 Å². The van der Waals surface area contributed by atoms with E-state index < -0.39 is 15.2 Å². The van der Waals surface area contributed by atoms with Crippen LogP contribution in [0.3, 0.4) is 0 Å². The maximum absolute atomic E-state index is 12.1. The van der Waals surface area contributed by atoms with Crippen LogP contribution in [0.25, 0.3) is 0 Å². The molecule has 1 atom stereocenters. The van der Waals surface area contributed by atoms with Gasteiger partial charge in [-0.05, 0) is 0 Å². The minimum absolute atomic E-state index is 0.170. The number of rotatable bonds is 4. The molecule has 2 N–H and O–H groups in total. The second kappa shape index (κ2) is 5.77. The number of sulfone groups is 1. The van der Waals surface area contributed by atoms with Crippen LogP contribution in [-0.4, -0.2) is 42.6 Å². The van der Waals surface area contributed by atoms with Gasteiger partial charge in [-0.2, -0.15) is 11.8 Å². The average molecular weight is 307 g/mol. The lowest BCUT2D eigenvalue weighted by Crippen LogP contribution is -2.48. The van der Waals surface area contributed by atoms with E-state index in [4.69, 9.17) is 5.73 Å². The quantitative estimate of drug-likeness (QED) is 0.891. The summed E-state index contributed by atoms with van der Waals surface area (Å²) in [5, 5.41) is 2.22. The van der Waals surface area contributed by atoms with Crippen LogP contribution in [0.15, 0.2) is 5.38 Å². The van der Waals surface area contributed by atoms with Gasteiger partial charge in [-0.1, -0.05) is 6.92 Å². The summed E-state index contributed by atoms with van der Waals surface area (Å²) in [5.41, 5.74) is 6.36. The Morgan fingerprint density at radius 1 is 1.61 bits per heavy atom. The van der Waals surface area contributed by atoms with E-state index in [1.807, 2.05) is 10.3 Å². The number of hydrogen-bond acceptors (Lipinski definition) is 7. The minimum Gasteiger partial charge on any atom is -0.329 e. The fourth-order valence-corrected chi connectivity index (χ4v) is 5.76. The van der Waals surface area contributed by atoms with E-state index in [0.29, 0.717) is 12.3 Å². The van der Waals surface area contributed by atoms with Gasteiger partial charge in [0.15, 0.2) is 15.0 Å². The van der Waals surface area contributed by atoms with Crippen molar-refractivity contribution in [3.05, 3.63) is 11.1 Å². The smallest absolute Gasteiger partial charge is 0.186 e. The first-order chi connectivity index (χ1) is 8.58. The molecule has 1 unspecified atom stereocenters.